The van der Waals surface area contributed by atoms with E-state index in [1.54, 1.807) is 0 Å². The third kappa shape index (κ3) is 7.66. The molecule has 114 valence electrons. The molecule has 0 aliphatic heterocycles. The number of nitrogens with two attached hydrogens (primary N) is 1. The van der Waals surface area contributed by atoms with Crippen LogP contribution in [-0.4, -0.2) is 0 Å². The van der Waals surface area contributed by atoms with Crippen molar-refractivity contribution in [2.75, 3.05) is 0 Å². The molecule has 1 rings (SSSR count). The first-order valence-electron chi connectivity index (χ1n) is 8.39. The van der Waals surface area contributed by atoms with E-state index in [1.807, 2.05) is 0 Å². The molecule has 0 unspecified atom stereocenters. The van der Waals surface area contributed by atoms with Crippen LogP contribution in [0, 0.1) is 0 Å². The molecule has 0 amide bonds. The van der Waals surface area contributed by atoms with Gasteiger partial charge in [-0.15, -0.1) is 0 Å². The fraction of sp³-hybridized carbons (Fsp3) is 0.667. The van der Waals surface area contributed by atoms with Crippen molar-refractivity contribution in [1.82, 2.24) is 5.43 Å². The minimum atomic E-state index is 0.306. The van der Waals surface area contributed by atoms with Crippen LogP contribution in [0.15, 0.2) is 30.3 Å². The minimum Gasteiger partial charge on any atom is -0.271 e. The maximum atomic E-state index is 5.66. The van der Waals surface area contributed by atoms with Crippen molar-refractivity contribution in [3.63, 3.8) is 0 Å². The predicted octanol–water partition coefficient (Wildman–Crippen LogP) is 5.11. The Bertz CT molecular complexity index is 310. The molecular formula is C18H32N2. The van der Waals surface area contributed by atoms with E-state index < -0.39 is 0 Å². The molecule has 0 spiro atoms. The zero-order valence-corrected chi connectivity index (χ0v) is 13.1. The number of hydrazine groups is 1. The number of hydrogen-bond donors (Lipinski definition) is 2. The first-order chi connectivity index (χ1) is 9.88. The summed E-state index contributed by atoms with van der Waals surface area (Å²) in [7, 11) is 0. The molecule has 0 saturated heterocycles. The summed E-state index contributed by atoms with van der Waals surface area (Å²) in [6, 6.07) is 10.8. The van der Waals surface area contributed by atoms with Crippen molar-refractivity contribution < 1.29 is 0 Å². The quantitative estimate of drug-likeness (QED) is 0.316. The molecule has 2 nitrogen and oxygen atoms in total. The summed E-state index contributed by atoms with van der Waals surface area (Å²) < 4.78 is 0. The predicted molar refractivity (Wildman–Crippen MR) is 88.4 cm³/mol. The second-order valence-corrected chi connectivity index (χ2v) is 5.75. The molecule has 1 aromatic rings. The Labute approximate surface area is 125 Å². The van der Waals surface area contributed by atoms with E-state index in [9.17, 15) is 0 Å². The summed E-state index contributed by atoms with van der Waals surface area (Å²) in [5, 5.41) is 0. The normalized spacial score (nSPS) is 12.5. The third-order valence-corrected chi connectivity index (χ3v) is 4.00. The van der Waals surface area contributed by atoms with Crippen molar-refractivity contribution >= 4 is 0 Å². The monoisotopic (exact) mass is 276 g/mol. The van der Waals surface area contributed by atoms with Gasteiger partial charge in [-0.1, -0.05) is 95.0 Å². The SMILES string of the molecule is CCCCCCCCCCC[C@@H](NN)c1ccccc1. The topological polar surface area (TPSA) is 38.0 Å². The van der Waals surface area contributed by atoms with E-state index in [1.165, 1.54) is 63.4 Å². The smallest absolute Gasteiger partial charge is 0.0460 e. The van der Waals surface area contributed by atoms with Gasteiger partial charge in [-0.25, -0.2) is 0 Å². The molecular weight excluding hydrogens is 244 g/mol. The van der Waals surface area contributed by atoms with E-state index in [0.717, 1.165) is 6.42 Å². The van der Waals surface area contributed by atoms with Crippen LogP contribution >= 0.6 is 0 Å². The Balaban J connectivity index is 2.02. The molecule has 3 N–H and O–H groups in total. The molecule has 0 aliphatic carbocycles. The fourth-order valence-electron chi connectivity index (χ4n) is 2.69. The average molecular weight is 276 g/mol. The van der Waals surface area contributed by atoms with Crippen LogP contribution in [0.5, 0.6) is 0 Å². The second kappa shape index (κ2) is 11.9. The molecule has 0 aromatic heterocycles. The number of unbranched alkanes of at least 4 members (excludes halogenated alkanes) is 8. The van der Waals surface area contributed by atoms with Crippen LogP contribution < -0.4 is 11.3 Å². The lowest BCUT2D eigenvalue weighted by atomic mass is 10.00. The number of benzene rings is 1. The highest BCUT2D eigenvalue weighted by molar-refractivity contribution is 5.18. The van der Waals surface area contributed by atoms with E-state index in [2.05, 4.69) is 42.7 Å². The first-order valence-corrected chi connectivity index (χ1v) is 8.39. The van der Waals surface area contributed by atoms with Gasteiger partial charge in [-0.05, 0) is 12.0 Å². The van der Waals surface area contributed by atoms with Gasteiger partial charge in [0.2, 0.25) is 0 Å². The van der Waals surface area contributed by atoms with Crippen LogP contribution in [0.4, 0.5) is 0 Å². The van der Waals surface area contributed by atoms with E-state index in [-0.39, 0.29) is 0 Å². The van der Waals surface area contributed by atoms with Crippen molar-refractivity contribution in [3.8, 4) is 0 Å². The fourth-order valence-corrected chi connectivity index (χ4v) is 2.69. The highest BCUT2D eigenvalue weighted by atomic mass is 15.2. The van der Waals surface area contributed by atoms with Gasteiger partial charge in [0.1, 0.15) is 0 Å². The Morgan fingerprint density at radius 1 is 0.850 bits per heavy atom. The third-order valence-electron chi connectivity index (χ3n) is 4.00. The van der Waals surface area contributed by atoms with Gasteiger partial charge in [-0.2, -0.15) is 0 Å². The first kappa shape index (κ1) is 17.2. The Morgan fingerprint density at radius 2 is 1.40 bits per heavy atom. The zero-order chi connectivity index (χ0) is 14.5. The van der Waals surface area contributed by atoms with Crippen LogP contribution in [0.25, 0.3) is 0 Å². The van der Waals surface area contributed by atoms with Gasteiger partial charge in [0.25, 0.3) is 0 Å². The molecule has 0 heterocycles. The van der Waals surface area contributed by atoms with E-state index in [0.29, 0.717) is 6.04 Å². The lowest BCUT2D eigenvalue weighted by Gasteiger charge is -2.16. The standard InChI is InChI=1S/C18H32N2/c1-2-3-4-5-6-7-8-9-13-16-18(20-19)17-14-11-10-12-15-17/h10-12,14-15,18,20H,2-9,13,16,19H2,1H3/t18-/m1/s1. The van der Waals surface area contributed by atoms with Crippen LogP contribution in [0.2, 0.25) is 0 Å². The number of nitrogens with one attached hydrogen (secondary N) is 1. The summed E-state index contributed by atoms with van der Waals surface area (Å²) in [5.41, 5.74) is 4.24. The molecule has 0 bridgehead atoms. The van der Waals surface area contributed by atoms with Gasteiger partial charge in [0, 0.05) is 6.04 Å². The summed E-state index contributed by atoms with van der Waals surface area (Å²) in [4.78, 5) is 0. The lowest BCUT2D eigenvalue weighted by Crippen LogP contribution is -2.27. The Kier molecular flexibility index (Phi) is 10.3. The number of rotatable bonds is 12. The second-order valence-electron chi connectivity index (χ2n) is 5.75. The van der Waals surface area contributed by atoms with Crippen LogP contribution in [0.1, 0.15) is 82.7 Å². The summed E-state index contributed by atoms with van der Waals surface area (Å²) in [6.07, 6.45) is 13.5. The molecule has 0 radical (unpaired) electrons. The van der Waals surface area contributed by atoms with Crippen molar-refractivity contribution in [1.29, 1.82) is 0 Å². The van der Waals surface area contributed by atoms with E-state index >= 15 is 0 Å². The average Bonchev–Trinajstić information content (AvgIpc) is 2.50. The molecule has 0 fully saturated rings. The molecule has 0 aliphatic rings. The molecule has 2 heteroatoms. The maximum Gasteiger partial charge on any atom is 0.0460 e. The molecule has 20 heavy (non-hydrogen) atoms. The van der Waals surface area contributed by atoms with Gasteiger partial charge in [0.05, 0.1) is 0 Å². The number of hydrogen-bond acceptors (Lipinski definition) is 2. The molecule has 1 atom stereocenters. The zero-order valence-electron chi connectivity index (χ0n) is 13.1. The van der Waals surface area contributed by atoms with Gasteiger partial charge in [0.15, 0.2) is 0 Å². The van der Waals surface area contributed by atoms with Crippen molar-refractivity contribution in [2.24, 2.45) is 5.84 Å². The highest BCUT2D eigenvalue weighted by Gasteiger charge is 2.07. The van der Waals surface area contributed by atoms with Crippen molar-refractivity contribution in [3.05, 3.63) is 35.9 Å². The Hall–Kier alpha value is -0.860. The maximum absolute atomic E-state index is 5.66. The Morgan fingerprint density at radius 3 is 1.95 bits per heavy atom. The summed E-state index contributed by atoms with van der Waals surface area (Å²) >= 11 is 0. The van der Waals surface area contributed by atoms with Gasteiger partial charge in [-0.3, -0.25) is 11.3 Å². The summed E-state index contributed by atoms with van der Waals surface area (Å²) in [6.45, 7) is 2.27. The largest absolute Gasteiger partial charge is 0.271 e. The lowest BCUT2D eigenvalue weighted by molar-refractivity contribution is 0.474. The minimum absolute atomic E-state index is 0.306. The van der Waals surface area contributed by atoms with E-state index in [4.69, 9.17) is 5.84 Å². The van der Waals surface area contributed by atoms with Crippen LogP contribution in [-0.2, 0) is 0 Å². The van der Waals surface area contributed by atoms with Crippen molar-refractivity contribution in [2.45, 2.75) is 77.2 Å². The van der Waals surface area contributed by atoms with Gasteiger partial charge >= 0.3 is 0 Å². The molecule has 0 saturated carbocycles. The van der Waals surface area contributed by atoms with Gasteiger partial charge < -0.3 is 0 Å². The van der Waals surface area contributed by atoms with Crippen LogP contribution in [0.3, 0.4) is 0 Å². The summed E-state index contributed by atoms with van der Waals surface area (Å²) in [5.74, 6) is 5.66. The highest BCUT2D eigenvalue weighted by Crippen LogP contribution is 2.19. The molecule has 1 aromatic carbocycles.